The summed E-state index contributed by atoms with van der Waals surface area (Å²) in [5.74, 6) is -0.950. The number of urea groups is 1. The van der Waals surface area contributed by atoms with Crippen molar-refractivity contribution in [3.05, 3.63) is 28.6 Å². The summed E-state index contributed by atoms with van der Waals surface area (Å²) in [7, 11) is 0. The topological polar surface area (TPSA) is 97.6 Å². The molecule has 0 saturated carbocycles. The van der Waals surface area contributed by atoms with Crippen LogP contribution in [0, 0.1) is 0 Å². The van der Waals surface area contributed by atoms with Gasteiger partial charge in [0.1, 0.15) is 5.76 Å². The number of carbonyl (C=O) groups excluding carboxylic acids is 3. The minimum Gasteiger partial charge on any atom is -0.452 e. The Hall–Kier alpha value is -2.09. The Labute approximate surface area is 136 Å². The molecule has 1 heterocycles. The molecule has 120 valence electrons. The van der Waals surface area contributed by atoms with Crippen molar-refractivity contribution in [2.24, 2.45) is 0 Å². The standard InChI is InChI=1S/C14H17BrN2O5/c1-2-3-8-16-14(20)17-12(18)9-21-13(19)7-5-10-4-6-11(15)22-10/h4-7H,2-3,8-9H2,1H3,(H2,16,17,18,20)/b7-5+. The van der Waals surface area contributed by atoms with Crippen LogP contribution in [-0.4, -0.2) is 31.1 Å². The highest BCUT2D eigenvalue weighted by Crippen LogP contribution is 2.14. The second-order valence-electron chi connectivity index (χ2n) is 4.24. The van der Waals surface area contributed by atoms with Gasteiger partial charge < -0.3 is 14.5 Å². The quantitative estimate of drug-likeness (QED) is 0.434. The number of furan rings is 1. The summed E-state index contributed by atoms with van der Waals surface area (Å²) >= 11 is 3.13. The van der Waals surface area contributed by atoms with Crippen LogP contribution in [0.2, 0.25) is 0 Å². The van der Waals surface area contributed by atoms with E-state index < -0.39 is 24.5 Å². The van der Waals surface area contributed by atoms with Gasteiger partial charge in [-0.25, -0.2) is 9.59 Å². The number of esters is 1. The average molecular weight is 373 g/mol. The molecule has 0 aliphatic heterocycles. The van der Waals surface area contributed by atoms with Crippen LogP contribution in [-0.2, 0) is 14.3 Å². The molecule has 0 aromatic carbocycles. The zero-order chi connectivity index (χ0) is 16.4. The molecule has 0 saturated heterocycles. The van der Waals surface area contributed by atoms with Gasteiger partial charge in [0.25, 0.3) is 5.91 Å². The molecule has 0 bridgehead atoms. The summed E-state index contributed by atoms with van der Waals surface area (Å²) < 4.78 is 10.4. The molecule has 7 nitrogen and oxygen atoms in total. The second kappa shape index (κ2) is 9.78. The lowest BCUT2D eigenvalue weighted by atomic mass is 10.3. The summed E-state index contributed by atoms with van der Waals surface area (Å²) in [6, 6.07) is 2.72. The lowest BCUT2D eigenvalue weighted by molar-refractivity contribution is -0.143. The predicted molar refractivity (Wildman–Crippen MR) is 82.9 cm³/mol. The van der Waals surface area contributed by atoms with Crippen LogP contribution < -0.4 is 10.6 Å². The number of amides is 3. The Morgan fingerprint density at radius 2 is 2.14 bits per heavy atom. The van der Waals surface area contributed by atoms with Crippen molar-refractivity contribution in [3.8, 4) is 0 Å². The number of hydrogen-bond acceptors (Lipinski definition) is 5. The molecule has 22 heavy (non-hydrogen) atoms. The maximum Gasteiger partial charge on any atom is 0.331 e. The Bertz CT molecular complexity index is 553. The highest BCUT2D eigenvalue weighted by atomic mass is 79.9. The van der Waals surface area contributed by atoms with Crippen LogP contribution in [0.25, 0.3) is 6.08 Å². The molecular formula is C14H17BrN2O5. The second-order valence-corrected chi connectivity index (χ2v) is 5.02. The molecule has 1 aromatic heterocycles. The average Bonchev–Trinajstić information content (AvgIpc) is 2.89. The van der Waals surface area contributed by atoms with E-state index >= 15 is 0 Å². The van der Waals surface area contributed by atoms with Crippen molar-refractivity contribution in [1.29, 1.82) is 0 Å². The summed E-state index contributed by atoms with van der Waals surface area (Å²) in [4.78, 5) is 34.0. The van der Waals surface area contributed by atoms with E-state index in [9.17, 15) is 14.4 Å². The van der Waals surface area contributed by atoms with Crippen molar-refractivity contribution >= 4 is 39.9 Å². The first-order valence-electron chi connectivity index (χ1n) is 6.69. The molecule has 1 aromatic rings. The van der Waals surface area contributed by atoms with Crippen LogP contribution in [0.5, 0.6) is 0 Å². The van der Waals surface area contributed by atoms with Gasteiger partial charge in [-0.2, -0.15) is 0 Å². The van der Waals surface area contributed by atoms with E-state index in [0.29, 0.717) is 17.0 Å². The van der Waals surface area contributed by atoms with Crippen LogP contribution in [0.3, 0.4) is 0 Å². The first kappa shape index (κ1) is 18.0. The fourth-order valence-electron chi connectivity index (χ4n) is 1.34. The summed E-state index contributed by atoms with van der Waals surface area (Å²) in [5, 5.41) is 4.57. The number of halogens is 1. The molecule has 3 amide bonds. The van der Waals surface area contributed by atoms with Gasteiger partial charge in [0, 0.05) is 12.6 Å². The molecule has 0 aliphatic carbocycles. The van der Waals surface area contributed by atoms with E-state index in [-0.39, 0.29) is 0 Å². The molecule has 0 radical (unpaired) electrons. The third kappa shape index (κ3) is 7.63. The van der Waals surface area contributed by atoms with Gasteiger partial charge in [0.05, 0.1) is 0 Å². The molecule has 0 unspecified atom stereocenters. The number of ether oxygens (including phenoxy) is 1. The number of unbranched alkanes of at least 4 members (excludes halogenated alkanes) is 1. The fraction of sp³-hybridized carbons (Fsp3) is 0.357. The minimum absolute atomic E-state index is 0.462. The lowest BCUT2D eigenvalue weighted by Crippen LogP contribution is -2.41. The van der Waals surface area contributed by atoms with E-state index in [4.69, 9.17) is 4.42 Å². The van der Waals surface area contributed by atoms with Gasteiger partial charge in [-0.05, 0) is 40.6 Å². The van der Waals surface area contributed by atoms with Crippen molar-refractivity contribution in [2.75, 3.05) is 13.2 Å². The SMILES string of the molecule is CCCCNC(=O)NC(=O)COC(=O)/C=C/c1ccc(Br)o1. The summed E-state index contributed by atoms with van der Waals surface area (Å²) in [6.07, 6.45) is 4.29. The highest BCUT2D eigenvalue weighted by Gasteiger charge is 2.09. The van der Waals surface area contributed by atoms with Gasteiger partial charge in [0.2, 0.25) is 0 Å². The Morgan fingerprint density at radius 3 is 2.77 bits per heavy atom. The molecule has 1 rings (SSSR count). The van der Waals surface area contributed by atoms with Gasteiger partial charge in [-0.15, -0.1) is 0 Å². The van der Waals surface area contributed by atoms with E-state index in [1.165, 1.54) is 6.08 Å². The smallest absolute Gasteiger partial charge is 0.331 e. The highest BCUT2D eigenvalue weighted by molar-refractivity contribution is 9.10. The van der Waals surface area contributed by atoms with Gasteiger partial charge in [-0.1, -0.05) is 13.3 Å². The molecular weight excluding hydrogens is 356 g/mol. The van der Waals surface area contributed by atoms with Gasteiger partial charge >= 0.3 is 12.0 Å². The minimum atomic E-state index is -0.714. The summed E-state index contributed by atoms with van der Waals surface area (Å²) in [6.45, 7) is 1.93. The maximum atomic E-state index is 11.4. The lowest BCUT2D eigenvalue weighted by Gasteiger charge is -2.05. The molecule has 0 fully saturated rings. The van der Waals surface area contributed by atoms with E-state index in [1.807, 2.05) is 6.92 Å². The maximum absolute atomic E-state index is 11.4. The van der Waals surface area contributed by atoms with E-state index in [1.54, 1.807) is 12.1 Å². The van der Waals surface area contributed by atoms with Crippen molar-refractivity contribution in [2.45, 2.75) is 19.8 Å². The van der Waals surface area contributed by atoms with Gasteiger partial charge in [0.15, 0.2) is 11.3 Å². The Morgan fingerprint density at radius 1 is 1.36 bits per heavy atom. The molecule has 0 spiro atoms. The number of nitrogens with one attached hydrogen (secondary N) is 2. The molecule has 0 aliphatic rings. The van der Waals surface area contributed by atoms with Gasteiger partial charge in [-0.3, -0.25) is 10.1 Å². The van der Waals surface area contributed by atoms with Crippen LogP contribution in [0.15, 0.2) is 27.3 Å². The Kier molecular flexibility index (Phi) is 7.98. The first-order valence-corrected chi connectivity index (χ1v) is 7.48. The van der Waals surface area contributed by atoms with E-state index in [0.717, 1.165) is 18.9 Å². The molecule has 0 atom stereocenters. The van der Waals surface area contributed by atoms with Crippen molar-refractivity contribution < 1.29 is 23.5 Å². The summed E-state index contributed by atoms with van der Waals surface area (Å²) in [5.41, 5.74) is 0. The van der Waals surface area contributed by atoms with Crippen molar-refractivity contribution in [3.63, 3.8) is 0 Å². The number of carbonyl (C=O) groups is 3. The predicted octanol–water partition coefficient (Wildman–Crippen LogP) is 2.22. The molecule has 2 N–H and O–H groups in total. The first-order chi connectivity index (χ1) is 10.5. The fourth-order valence-corrected chi connectivity index (χ4v) is 1.66. The largest absolute Gasteiger partial charge is 0.452 e. The number of imide groups is 1. The number of hydrogen-bond donors (Lipinski definition) is 2. The third-order valence-corrected chi connectivity index (χ3v) is 2.82. The van der Waals surface area contributed by atoms with Crippen LogP contribution in [0.1, 0.15) is 25.5 Å². The molecule has 8 heteroatoms. The zero-order valence-electron chi connectivity index (χ0n) is 12.1. The monoisotopic (exact) mass is 372 g/mol. The normalized spacial score (nSPS) is 10.5. The van der Waals surface area contributed by atoms with Crippen LogP contribution >= 0.6 is 15.9 Å². The zero-order valence-corrected chi connectivity index (χ0v) is 13.6. The van der Waals surface area contributed by atoms with Crippen molar-refractivity contribution in [1.82, 2.24) is 10.6 Å². The number of rotatable bonds is 7. The van der Waals surface area contributed by atoms with Crippen LogP contribution in [0.4, 0.5) is 4.79 Å². The Balaban J connectivity index is 2.24. The third-order valence-electron chi connectivity index (χ3n) is 2.39. The van der Waals surface area contributed by atoms with E-state index in [2.05, 4.69) is 31.3 Å².